The Bertz CT molecular complexity index is 862. The van der Waals surface area contributed by atoms with Gasteiger partial charge in [0.25, 0.3) is 5.56 Å². The molecule has 2 saturated heterocycles. The molecule has 3 fully saturated rings. The molecule has 0 bridgehead atoms. The van der Waals surface area contributed by atoms with Crippen molar-refractivity contribution in [2.45, 2.75) is 64.0 Å². The van der Waals surface area contributed by atoms with Gasteiger partial charge in [-0.25, -0.2) is 4.79 Å². The average molecular weight is 403 g/mol. The first-order valence-corrected chi connectivity index (χ1v) is 11.2. The summed E-state index contributed by atoms with van der Waals surface area (Å²) in [7, 11) is 3.25. The molecule has 0 spiro atoms. The predicted octanol–water partition coefficient (Wildman–Crippen LogP) is 1.48. The van der Waals surface area contributed by atoms with Crippen molar-refractivity contribution in [3.63, 3.8) is 0 Å². The van der Waals surface area contributed by atoms with Gasteiger partial charge in [0, 0.05) is 50.9 Å². The molecule has 2 aliphatic heterocycles. The van der Waals surface area contributed by atoms with Crippen LogP contribution in [0.25, 0.3) is 0 Å². The van der Waals surface area contributed by atoms with E-state index in [4.69, 9.17) is 0 Å². The van der Waals surface area contributed by atoms with E-state index in [0.29, 0.717) is 30.3 Å². The van der Waals surface area contributed by atoms with Crippen LogP contribution in [0, 0.1) is 11.8 Å². The second-order valence-corrected chi connectivity index (χ2v) is 9.21. The van der Waals surface area contributed by atoms with Crippen molar-refractivity contribution < 1.29 is 4.79 Å². The van der Waals surface area contributed by atoms with Gasteiger partial charge in [-0.05, 0) is 57.5 Å². The van der Waals surface area contributed by atoms with Gasteiger partial charge in [0.05, 0.1) is 0 Å². The molecule has 1 amide bonds. The SMILES string of the molecule is Cn1c(CN2CCC([C@H]3CCCCCN3C(=O)C3CC3)CC2)cc(=O)n(C)c1=O. The highest BCUT2D eigenvalue weighted by atomic mass is 16.2. The molecule has 3 aliphatic rings. The Kier molecular flexibility index (Phi) is 5.95. The summed E-state index contributed by atoms with van der Waals surface area (Å²) in [6.45, 7) is 3.48. The second-order valence-electron chi connectivity index (χ2n) is 9.21. The van der Waals surface area contributed by atoms with Crippen molar-refractivity contribution in [1.82, 2.24) is 18.9 Å². The summed E-state index contributed by atoms with van der Waals surface area (Å²) in [4.78, 5) is 41.6. The molecule has 29 heavy (non-hydrogen) atoms. The van der Waals surface area contributed by atoms with Crippen LogP contribution in [-0.2, 0) is 25.4 Å². The fourth-order valence-electron chi connectivity index (χ4n) is 5.12. The molecule has 3 heterocycles. The fourth-order valence-corrected chi connectivity index (χ4v) is 5.12. The monoisotopic (exact) mass is 402 g/mol. The minimum Gasteiger partial charge on any atom is -0.339 e. The number of hydrogen-bond acceptors (Lipinski definition) is 4. The molecule has 4 rings (SSSR count). The Morgan fingerprint density at radius 1 is 0.931 bits per heavy atom. The van der Waals surface area contributed by atoms with Crippen molar-refractivity contribution in [1.29, 1.82) is 0 Å². The van der Waals surface area contributed by atoms with Crippen LogP contribution in [0.4, 0.5) is 0 Å². The van der Waals surface area contributed by atoms with E-state index < -0.39 is 0 Å². The van der Waals surface area contributed by atoms with Gasteiger partial charge < -0.3 is 4.90 Å². The van der Waals surface area contributed by atoms with Gasteiger partial charge in [0.15, 0.2) is 0 Å². The highest BCUT2D eigenvalue weighted by Gasteiger charge is 2.39. The Morgan fingerprint density at radius 2 is 1.66 bits per heavy atom. The van der Waals surface area contributed by atoms with Crippen LogP contribution in [0.5, 0.6) is 0 Å². The lowest BCUT2D eigenvalue weighted by Gasteiger charge is -2.41. The molecule has 1 aromatic heterocycles. The lowest BCUT2D eigenvalue weighted by Crippen LogP contribution is -2.48. The lowest BCUT2D eigenvalue weighted by molar-refractivity contribution is -0.136. The molecule has 1 atom stereocenters. The van der Waals surface area contributed by atoms with Crippen molar-refractivity contribution in [2.75, 3.05) is 19.6 Å². The molecule has 1 saturated carbocycles. The summed E-state index contributed by atoms with van der Waals surface area (Å²) >= 11 is 0. The minimum absolute atomic E-state index is 0.245. The van der Waals surface area contributed by atoms with Crippen LogP contribution in [-0.4, -0.2) is 50.5 Å². The number of rotatable bonds is 4. The first-order chi connectivity index (χ1) is 14.0. The number of carbonyl (C=O) groups is 1. The van der Waals surface area contributed by atoms with Gasteiger partial charge in [0.1, 0.15) is 0 Å². The van der Waals surface area contributed by atoms with Crippen LogP contribution < -0.4 is 11.2 Å². The normalized spacial score (nSPS) is 24.5. The van der Waals surface area contributed by atoms with Crippen LogP contribution in [0.3, 0.4) is 0 Å². The minimum atomic E-state index is -0.268. The van der Waals surface area contributed by atoms with Crippen molar-refractivity contribution in [3.8, 4) is 0 Å². The van der Waals surface area contributed by atoms with Gasteiger partial charge in [-0.3, -0.25) is 23.6 Å². The largest absolute Gasteiger partial charge is 0.339 e. The number of likely N-dealkylation sites (tertiary alicyclic amines) is 2. The van der Waals surface area contributed by atoms with Gasteiger partial charge in [-0.15, -0.1) is 0 Å². The summed E-state index contributed by atoms with van der Waals surface area (Å²) in [5, 5.41) is 0. The van der Waals surface area contributed by atoms with E-state index in [1.807, 2.05) is 0 Å². The van der Waals surface area contributed by atoms with E-state index in [1.165, 1.54) is 19.9 Å². The van der Waals surface area contributed by atoms with Crippen LogP contribution in [0.1, 0.15) is 57.1 Å². The summed E-state index contributed by atoms with van der Waals surface area (Å²) < 4.78 is 2.72. The van der Waals surface area contributed by atoms with Crippen molar-refractivity contribution >= 4 is 5.91 Å². The van der Waals surface area contributed by atoms with Gasteiger partial charge in [-0.1, -0.05) is 12.8 Å². The molecule has 0 aromatic carbocycles. The van der Waals surface area contributed by atoms with Crippen LogP contribution >= 0.6 is 0 Å². The Labute approximate surface area is 172 Å². The average Bonchev–Trinajstić information content (AvgIpc) is 3.57. The second kappa shape index (κ2) is 8.46. The summed E-state index contributed by atoms with van der Waals surface area (Å²) in [6, 6.07) is 1.98. The Balaban J connectivity index is 1.40. The molecule has 7 heteroatoms. The number of amides is 1. The standard InChI is InChI=1S/C22H34N4O3/c1-23-18(14-20(27)24(2)22(23)29)15-25-12-9-16(10-13-25)19-6-4-3-5-11-26(19)21(28)17-7-8-17/h14,16-17,19H,3-13,15H2,1-2H3/t19-/m1/s1. The van der Waals surface area contributed by atoms with Crippen LogP contribution in [0.2, 0.25) is 0 Å². The van der Waals surface area contributed by atoms with Gasteiger partial charge >= 0.3 is 5.69 Å². The molecular formula is C22H34N4O3. The molecule has 1 aliphatic carbocycles. The summed E-state index contributed by atoms with van der Waals surface area (Å²) in [5.41, 5.74) is 0.261. The van der Waals surface area contributed by atoms with Gasteiger partial charge in [0.2, 0.25) is 5.91 Å². The Morgan fingerprint density at radius 3 is 2.34 bits per heavy atom. The first-order valence-electron chi connectivity index (χ1n) is 11.2. The van der Waals surface area contributed by atoms with Crippen molar-refractivity contribution in [3.05, 3.63) is 32.6 Å². The summed E-state index contributed by atoms with van der Waals surface area (Å²) in [5.74, 6) is 1.28. The number of aromatic nitrogens is 2. The maximum Gasteiger partial charge on any atom is 0.330 e. The number of piperidine rings is 1. The smallest absolute Gasteiger partial charge is 0.330 e. The van der Waals surface area contributed by atoms with E-state index >= 15 is 0 Å². The molecule has 1 aromatic rings. The maximum absolute atomic E-state index is 12.9. The highest BCUT2D eigenvalue weighted by Crippen LogP contribution is 2.36. The third-order valence-corrected chi connectivity index (χ3v) is 7.20. The van der Waals surface area contributed by atoms with E-state index in [0.717, 1.165) is 68.4 Å². The quantitative estimate of drug-likeness (QED) is 0.765. The molecule has 0 unspecified atom stereocenters. The van der Waals surface area contributed by atoms with Gasteiger partial charge in [-0.2, -0.15) is 0 Å². The maximum atomic E-state index is 12.9. The first kappa shape index (κ1) is 20.4. The zero-order valence-electron chi connectivity index (χ0n) is 17.8. The third-order valence-electron chi connectivity index (χ3n) is 7.20. The van der Waals surface area contributed by atoms with E-state index in [9.17, 15) is 14.4 Å². The molecule has 7 nitrogen and oxygen atoms in total. The predicted molar refractivity (Wildman–Crippen MR) is 112 cm³/mol. The van der Waals surface area contributed by atoms with E-state index in [-0.39, 0.29) is 11.2 Å². The zero-order valence-corrected chi connectivity index (χ0v) is 17.8. The van der Waals surface area contributed by atoms with Crippen molar-refractivity contribution in [2.24, 2.45) is 25.9 Å². The van der Waals surface area contributed by atoms with E-state index in [2.05, 4.69) is 9.80 Å². The zero-order chi connectivity index (χ0) is 20.5. The summed E-state index contributed by atoms with van der Waals surface area (Å²) in [6.07, 6.45) is 9.08. The third kappa shape index (κ3) is 4.34. The molecule has 0 N–H and O–H groups in total. The highest BCUT2D eigenvalue weighted by molar-refractivity contribution is 5.81. The van der Waals surface area contributed by atoms with Crippen LogP contribution in [0.15, 0.2) is 15.7 Å². The fraction of sp³-hybridized carbons (Fsp3) is 0.773. The Hall–Kier alpha value is -1.89. The molecule has 160 valence electrons. The number of carbonyl (C=O) groups excluding carboxylic acids is 1. The number of nitrogens with zero attached hydrogens (tertiary/aromatic N) is 4. The van der Waals surface area contributed by atoms with E-state index in [1.54, 1.807) is 17.7 Å². The molecular weight excluding hydrogens is 368 g/mol. The lowest BCUT2D eigenvalue weighted by atomic mass is 9.86. The topological polar surface area (TPSA) is 67.5 Å². The molecule has 0 radical (unpaired) electrons. The number of hydrogen-bond donors (Lipinski definition) is 0.